The van der Waals surface area contributed by atoms with Gasteiger partial charge in [-0.1, -0.05) is 57.9 Å². The molecule has 36 heavy (non-hydrogen) atoms. The van der Waals surface area contributed by atoms with Crippen LogP contribution in [0.5, 0.6) is 0 Å². The summed E-state index contributed by atoms with van der Waals surface area (Å²) in [6.07, 6.45) is 4.00. The van der Waals surface area contributed by atoms with Gasteiger partial charge in [0, 0.05) is 18.2 Å². The number of nitrogens with two attached hydrogens (primary N) is 1. The molecule has 9 heteroatoms. The van der Waals surface area contributed by atoms with E-state index in [1.165, 1.54) is 29.4 Å². The summed E-state index contributed by atoms with van der Waals surface area (Å²) in [6.45, 7) is 5.69. The average molecular weight is 498 g/mol. The van der Waals surface area contributed by atoms with Gasteiger partial charge in [-0.3, -0.25) is 9.36 Å². The lowest BCUT2D eigenvalue weighted by Gasteiger charge is -2.18. The van der Waals surface area contributed by atoms with Gasteiger partial charge in [0.2, 0.25) is 5.71 Å². The number of hydrogen-bond donors (Lipinski definition) is 2. The molecule has 1 fully saturated rings. The first-order chi connectivity index (χ1) is 17.3. The van der Waals surface area contributed by atoms with Gasteiger partial charge in [-0.05, 0) is 30.4 Å². The quantitative estimate of drug-likeness (QED) is 0.321. The molecule has 2 aromatic heterocycles. The second-order valence-electron chi connectivity index (χ2n) is 9.79. The molecule has 0 saturated carbocycles. The number of carbonyl (C=O) groups excluding carboxylic acids is 1. The van der Waals surface area contributed by atoms with E-state index in [4.69, 9.17) is 19.6 Å². The number of hydrogen-bond acceptors (Lipinski definition) is 8. The molecule has 4 rings (SSSR count). The number of aliphatic hydroxyl groups excluding tert-OH is 1. The number of aryl methyl sites for hydroxylation is 1. The fourth-order valence-electron chi connectivity index (χ4n) is 4.26. The zero-order valence-corrected chi connectivity index (χ0v) is 21.1. The van der Waals surface area contributed by atoms with Crippen LogP contribution in [0.4, 0.5) is 0 Å². The maximum Gasteiger partial charge on any atom is 0.353 e. The van der Waals surface area contributed by atoms with E-state index in [2.05, 4.69) is 24.0 Å². The summed E-state index contributed by atoms with van der Waals surface area (Å²) in [7, 11) is 0. The van der Waals surface area contributed by atoms with E-state index < -0.39 is 36.1 Å². The zero-order chi connectivity index (χ0) is 25.8. The van der Waals surface area contributed by atoms with E-state index in [0.717, 1.165) is 12.0 Å². The van der Waals surface area contributed by atoms with Gasteiger partial charge in [-0.15, -0.1) is 0 Å². The molecule has 3 heterocycles. The van der Waals surface area contributed by atoms with E-state index in [-0.39, 0.29) is 24.7 Å². The van der Waals surface area contributed by atoms with Crippen molar-refractivity contribution in [3.8, 4) is 11.3 Å². The molecule has 1 aliphatic heterocycles. The maximum atomic E-state index is 12.7. The second kappa shape index (κ2) is 11.4. The van der Waals surface area contributed by atoms with Crippen LogP contribution in [0.25, 0.3) is 22.4 Å². The highest BCUT2D eigenvalue weighted by molar-refractivity contribution is 5.79. The van der Waals surface area contributed by atoms with Gasteiger partial charge in [0.25, 0.3) is 0 Å². The van der Waals surface area contributed by atoms with Gasteiger partial charge in [0.05, 0.1) is 11.5 Å². The second-order valence-corrected chi connectivity index (χ2v) is 9.79. The molecule has 3 aromatic rings. The van der Waals surface area contributed by atoms with Crippen molar-refractivity contribution in [1.82, 2.24) is 9.55 Å². The van der Waals surface area contributed by atoms with Crippen molar-refractivity contribution >= 4 is 17.1 Å². The van der Waals surface area contributed by atoms with Gasteiger partial charge in [0.1, 0.15) is 30.7 Å². The van der Waals surface area contributed by atoms with Crippen molar-refractivity contribution < 1.29 is 23.8 Å². The maximum absolute atomic E-state index is 12.7. The topological polar surface area (TPSA) is 130 Å². The van der Waals surface area contributed by atoms with Crippen molar-refractivity contribution in [2.75, 3.05) is 6.61 Å². The summed E-state index contributed by atoms with van der Waals surface area (Å²) < 4.78 is 18.3. The largest absolute Gasteiger partial charge is 0.462 e. The van der Waals surface area contributed by atoms with Crippen molar-refractivity contribution in [2.45, 2.75) is 77.4 Å². The molecule has 9 nitrogen and oxygen atoms in total. The summed E-state index contributed by atoms with van der Waals surface area (Å²) in [5, 5.41) is 11.1. The molecule has 1 aliphatic rings. The highest BCUT2D eigenvalue weighted by Crippen LogP contribution is 2.31. The Morgan fingerprint density at radius 2 is 2.03 bits per heavy atom. The number of esters is 1. The highest BCUT2D eigenvalue weighted by Gasteiger charge is 2.37. The first-order valence-electron chi connectivity index (χ1n) is 12.6. The predicted molar refractivity (Wildman–Crippen MR) is 135 cm³/mol. The van der Waals surface area contributed by atoms with E-state index >= 15 is 0 Å². The molecule has 0 amide bonds. The Labute approximate surface area is 210 Å². The summed E-state index contributed by atoms with van der Waals surface area (Å²) in [5.41, 5.74) is 7.68. The number of carbonyl (C=O) groups is 1. The first-order valence-corrected chi connectivity index (χ1v) is 12.6. The molecule has 194 valence electrons. The average Bonchev–Trinajstić information content (AvgIpc) is 3.44. The monoisotopic (exact) mass is 497 g/mol. The Balaban J connectivity index is 1.46. The van der Waals surface area contributed by atoms with Crippen LogP contribution in [-0.2, 0) is 20.7 Å². The molecule has 3 N–H and O–H groups in total. The lowest BCUT2D eigenvalue weighted by molar-refractivity contribution is -0.152. The first kappa shape index (κ1) is 26.1. The number of aliphatic hydroxyl groups is 1. The van der Waals surface area contributed by atoms with E-state index in [1.807, 2.05) is 32.0 Å². The number of ether oxygens (including phenoxy) is 2. The SMILES string of the molecule is CCCCCc1ccc(-c2cc3cn([C@H]4C[C@H](O)[C@@H](COC(=O)[C@@H](N)C(C)C)O4)c(=O)nc3o2)cc1. The summed E-state index contributed by atoms with van der Waals surface area (Å²) in [4.78, 5) is 28.8. The molecule has 0 unspecified atom stereocenters. The molecule has 1 saturated heterocycles. The third-order valence-electron chi connectivity index (χ3n) is 6.64. The van der Waals surface area contributed by atoms with Crippen LogP contribution in [0.15, 0.2) is 45.7 Å². The standard InChI is InChI=1S/C27H35N3O6/c1-4-5-6-7-17-8-10-18(11-9-17)21-12-19-14-30(27(33)29-25(19)36-21)23-13-20(31)22(35-23)15-34-26(32)24(28)16(2)3/h8-12,14,16,20,22-24,31H,4-7,13,15,28H2,1-3H3/t20-,22+,23+,24-/m0/s1. The Morgan fingerprint density at radius 1 is 1.28 bits per heavy atom. The smallest absolute Gasteiger partial charge is 0.353 e. The number of fused-ring (bicyclic) bond motifs is 1. The number of benzene rings is 1. The minimum Gasteiger partial charge on any atom is -0.462 e. The Kier molecular flexibility index (Phi) is 8.23. The third-order valence-corrected chi connectivity index (χ3v) is 6.64. The normalized spacial score (nSPS) is 20.8. The molecule has 4 atom stereocenters. The van der Waals surface area contributed by atoms with Crippen LogP contribution in [0.2, 0.25) is 0 Å². The van der Waals surface area contributed by atoms with Crippen LogP contribution in [0.3, 0.4) is 0 Å². The minimum absolute atomic E-state index is 0.0698. The van der Waals surface area contributed by atoms with Gasteiger partial charge in [-0.25, -0.2) is 4.79 Å². The van der Waals surface area contributed by atoms with E-state index in [9.17, 15) is 14.7 Å². The highest BCUT2D eigenvalue weighted by atomic mass is 16.6. The van der Waals surface area contributed by atoms with Crippen molar-refractivity contribution in [1.29, 1.82) is 0 Å². The molecule has 0 radical (unpaired) electrons. The number of unbranched alkanes of at least 4 members (excludes halogenated alkanes) is 2. The van der Waals surface area contributed by atoms with Crippen LogP contribution in [0.1, 0.15) is 58.2 Å². The van der Waals surface area contributed by atoms with E-state index in [1.54, 1.807) is 6.20 Å². The number of furan rings is 1. The molecular formula is C27H35N3O6. The number of rotatable bonds is 10. The van der Waals surface area contributed by atoms with Crippen molar-refractivity contribution in [3.63, 3.8) is 0 Å². The number of aromatic nitrogens is 2. The molecule has 1 aromatic carbocycles. The zero-order valence-electron chi connectivity index (χ0n) is 21.1. The summed E-state index contributed by atoms with van der Waals surface area (Å²) in [6, 6.07) is 9.31. The van der Waals surface area contributed by atoms with Gasteiger partial charge in [0.15, 0.2) is 0 Å². The third kappa shape index (κ3) is 5.86. The van der Waals surface area contributed by atoms with Crippen LogP contribution in [-0.4, -0.2) is 45.5 Å². The van der Waals surface area contributed by atoms with Gasteiger partial charge in [-0.2, -0.15) is 4.98 Å². The van der Waals surface area contributed by atoms with Crippen LogP contribution in [0, 0.1) is 5.92 Å². The Hall–Kier alpha value is -3.01. The molecule has 0 bridgehead atoms. The Bertz CT molecular complexity index is 1230. The fraction of sp³-hybridized carbons (Fsp3) is 0.519. The summed E-state index contributed by atoms with van der Waals surface area (Å²) >= 11 is 0. The van der Waals surface area contributed by atoms with Crippen LogP contribution < -0.4 is 11.4 Å². The van der Waals surface area contributed by atoms with E-state index in [0.29, 0.717) is 11.1 Å². The number of nitrogens with zero attached hydrogens (tertiary/aromatic N) is 2. The lowest BCUT2D eigenvalue weighted by Crippen LogP contribution is -2.39. The van der Waals surface area contributed by atoms with Gasteiger partial charge >= 0.3 is 11.7 Å². The predicted octanol–water partition coefficient (Wildman–Crippen LogP) is 3.56. The van der Waals surface area contributed by atoms with Gasteiger partial charge < -0.3 is 24.7 Å². The van der Waals surface area contributed by atoms with Crippen molar-refractivity contribution in [2.24, 2.45) is 11.7 Å². The molecule has 0 aliphatic carbocycles. The lowest BCUT2D eigenvalue weighted by atomic mass is 10.0. The fourth-order valence-corrected chi connectivity index (χ4v) is 4.26. The molecular weight excluding hydrogens is 462 g/mol. The molecule has 0 spiro atoms. The minimum atomic E-state index is -0.906. The van der Waals surface area contributed by atoms with Crippen molar-refractivity contribution in [3.05, 3.63) is 52.6 Å². The van der Waals surface area contributed by atoms with Crippen LogP contribution >= 0.6 is 0 Å². The summed E-state index contributed by atoms with van der Waals surface area (Å²) in [5.74, 6) is -0.00235. The Morgan fingerprint density at radius 3 is 2.72 bits per heavy atom.